The lowest BCUT2D eigenvalue weighted by atomic mass is 10.1. The number of benzene rings is 1. The zero-order valence-corrected chi connectivity index (χ0v) is 16.2. The van der Waals surface area contributed by atoms with E-state index in [1.807, 2.05) is 34.6 Å². The van der Waals surface area contributed by atoms with E-state index in [9.17, 15) is 9.59 Å². The highest BCUT2D eigenvalue weighted by Crippen LogP contribution is 2.22. The van der Waals surface area contributed by atoms with Crippen LogP contribution in [0.5, 0.6) is 5.75 Å². The quantitative estimate of drug-likeness (QED) is 0.729. The number of methoxy groups -OCH3 is 1. The van der Waals surface area contributed by atoms with Gasteiger partial charge in [-0.3, -0.25) is 0 Å². The molecule has 0 bridgehead atoms. The summed E-state index contributed by atoms with van der Waals surface area (Å²) < 4.78 is 16.1. The van der Waals surface area contributed by atoms with Crippen LogP contribution in [0.15, 0.2) is 18.2 Å². The molecule has 0 saturated carbocycles. The molecule has 0 radical (unpaired) electrons. The zero-order valence-electron chi connectivity index (χ0n) is 16.2. The van der Waals surface area contributed by atoms with Crippen LogP contribution < -0.4 is 4.74 Å². The third kappa shape index (κ3) is 6.64. The van der Waals surface area contributed by atoms with Crippen molar-refractivity contribution >= 4 is 12.1 Å². The fraction of sp³-hybridized carbons (Fsp3) is 0.579. The Morgan fingerprint density at radius 1 is 1.24 bits per heavy atom. The van der Waals surface area contributed by atoms with Gasteiger partial charge in [0, 0.05) is 7.05 Å². The summed E-state index contributed by atoms with van der Waals surface area (Å²) in [5.41, 5.74) is 0.779. The van der Waals surface area contributed by atoms with Crippen LogP contribution in [0.3, 0.4) is 0 Å². The summed E-state index contributed by atoms with van der Waals surface area (Å²) in [6, 6.07) is 5.14. The van der Waals surface area contributed by atoms with Crippen molar-refractivity contribution in [3.63, 3.8) is 0 Å². The molecule has 0 spiro atoms. The highest BCUT2D eigenvalue weighted by Gasteiger charge is 2.22. The molecule has 0 aliphatic heterocycles. The summed E-state index contributed by atoms with van der Waals surface area (Å²) >= 11 is 0. The van der Waals surface area contributed by atoms with Crippen LogP contribution in [-0.2, 0) is 9.47 Å². The van der Waals surface area contributed by atoms with Gasteiger partial charge < -0.3 is 19.1 Å². The summed E-state index contributed by atoms with van der Waals surface area (Å²) in [6.07, 6.45) is 0.165. The minimum Gasteiger partial charge on any atom is -0.488 e. The second kappa shape index (κ2) is 8.74. The molecule has 0 unspecified atom stereocenters. The van der Waals surface area contributed by atoms with Gasteiger partial charge in [0.15, 0.2) is 0 Å². The van der Waals surface area contributed by atoms with E-state index in [1.165, 1.54) is 12.0 Å². The van der Waals surface area contributed by atoms with Gasteiger partial charge in [-0.1, -0.05) is 6.92 Å². The van der Waals surface area contributed by atoms with Gasteiger partial charge in [0.25, 0.3) is 0 Å². The molecule has 0 aliphatic rings. The number of hydrogen-bond acceptors (Lipinski definition) is 5. The summed E-state index contributed by atoms with van der Waals surface area (Å²) in [5.74, 6) is 0.295. The average Bonchev–Trinajstić information content (AvgIpc) is 2.53. The van der Waals surface area contributed by atoms with Crippen molar-refractivity contribution in [1.29, 1.82) is 0 Å². The van der Waals surface area contributed by atoms with Crippen molar-refractivity contribution in [2.45, 2.75) is 52.7 Å². The standard InChI is InChI=1S/C19H29NO5/c1-8-15(12-20(6)18(22)25-19(3,4)5)24-16-10-9-14(11-13(16)2)17(21)23-7/h9-11,15H,8,12H2,1-7H3/t15-/m0/s1. The van der Waals surface area contributed by atoms with Crippen molar-refractivity contribution in [1.82, 2.24) is 4.90 Å². The van der Waals surface area contributed by atoms with Gasteiger partial charge in [-0.05, 0) is 57.9 Å². The molecule has 6 heteroatoms. The van der Waals surface area contributed by atoms with Gasteiger partial charge in [0.2, 0.25) is 0 Å². The highest BCUT2D eigenvalue weighted by atomic mass is 16.6. The molecule has 6 nitrogen and oxygen atoms in total. The lowest BCUT2D eigenvalue weighted by Crippen LogP contribution is -2.40. The van der Waals surface area contributed by atoms with E-state index >= 15 is 0 Å². The third-order valence-electron chi connectivity index (χ3n) is 3.53. The Morgan fingerprint density at radius 3 is 2.36 bits per heavy atom. The summed E-state index contributed by atoms with van der Waals surface area (Å²) in [6.45, 7) is 9.76. The van der Waals surface area contributed by atoms with Gasteiger partial charge in [-0.2, -0.15) is 0 Å². The molecule has 0 heterocycles. The van der Waals surface area contributed by atoms with Gasteiger partial charge >= 0.3 is 12.1 Å². The Bertz CT molecular complexity index is 606. The largest absolute Gasteiger partial charge is 0.488 e. The number of hydrogen-bond donors (Lipinski definition) is 0. The number of ether oxygens (including phenoxy) is 3. The van der Waals surface area contributed by atoms with Gasteiger partial charge in [-0.15, -0.1) is 0 Å². The van der Waals surface area contributed by atoms with Gasteiger partial charge in [0.1, 0.15) is 17.5 Å². The van der Waals surface area contributed by atoms with Crippen molar-refractivity contribution in [2.75, 3.05) is 20.7 Å². The molecule has 0 saturated heterocycles. The number of rotatable bonds is 6. The molecular formula is C19H29NO5. The van der Waals surface area contributed by atoms with E-state index in [0.717, 1.165) is 12.0 Å². The molecule has 1 rings (SSSR count). The predicted octanol–water partition coefficient (Wildman–Crippen LogP) is 3.81. The van der Waals surface area contributed by atoms with E-state index in [-0.39, 0.29) is 18.2 Å². The summed E-state index contributed by atoms with van der Waals surface area (Å²) in [4.78, 5) is 25.2. The normalized spacial score (nSPS) is 12.3. The number of esters is 1. The monoisotopic (exact) mass is 351 g/mol. The second-order valence-electron chi connectivity index (χ2n) is 6.98. The Kier molecular flexibility index (Phi) is 7.27. The maximum Gasteiger partial charge on any atom is 0.410 e. The number of carbonyl (C=O) groups is 2. The first-order valence-corrected chi connectivity index (χ1v) is 8.37. The predicted molar refractivity (Wildman–Crippen MR) is 96.1 cm³/mol. The van der Waals surface area contributed by atoms with Gasteiger partial charge in [-0.25, -0.2) is 9.59 Å². The third-order valence-corrected chi connectivity index (χ3v) is 3.53. The highest BCUT2D eigenvalue weighted by molar-refractivity contribution is 5.89. The maximum absolute atomic E-state index is 12.1. The first-order chi connectivity index (χ1) is 11.6. The second-order valence-corrected chi connectivity index (χ2v) is 6.98. The molecule has 0 aliphatic carbocycles. The first kappa shape index (κ1) is 20.8. The van der Waals surface area contributed by atoms with E-state index in [2.05, 4.69) is 0 Å². The molecule has 0 N–H and O–H groups in total. The molecule has 1 atom stereocenters. The zero-order chi connectivity index (χ0) is 19.2. The van der Waals surface area contributed by atoms with E-state index in [0.29, 0.717) is 17.9 Å². The number of nitrogens with zero attached hydrogens (tertiary/aromatic N) is 1. The van der Waals surface area contributed by atoms with Crippen LogP contribution in [0.4, 0.5) is 4.79 Å². The molecule has 140 valence electrons. The average molecular weight is 351 g/mol. The molecule has 25 heavy (non-hydrogen) atoms. The Balaban J connectivity index is 2.76. The van der Waals surface area contributed by atoms with Crippen molar-refractivity contribution < 1.29 is 23.8 Å². The minimum absolute atomic E-state index is 0.180. The Morgan fingerprint density at radius 2 is 1.88 bits per heavy atom. The number of aryl methyl sites for hydroxylation is 1. The summed E-state index contributed by atoms with van der Waals surface area (Å²) in [5, 5.41) is 0. The van der Waals surface area contributed by atoms with E-state index in [1.54, 1.807) is 25.2 Å². The van der Waals surface area contributed by atoms with Gasteiger partial charge in [0.05, 0.1) is 19.2 Å². The molecule has 1 amide bonds. The summed E-state index contributed by atoms with van der Waals surface area (Å²) in [7, 11) is 3.04. The Labute approximate surface area is 150 Å². The van der Waals surface area contributed by atoms with E-state index < -0.39 is 5.60 Å². The Hall–Kier alpha value is -2.24. The van der Waals surface area contributed by atoms with Crippen LogP contribution in [0.25, 0.3) is 0 Å². The van der Waals surface area contributed by atoms with Crippen LogP contribution in [0, 0.1) is 6.92 Å². The lowest BCUT2D eigenvalue weighted by molar-refractivity contribution is 0.0224. The molecular weight excluding hydrogens is 322 g/mol. The van der Waals surface area contributed by atoms with Crippen molar-refractivity contribution in [2.24, 2.45) is 0 Å². The SMILES string of the molecule is CC[C@@H](CN(C)C(=O)OC(C)(C)C)Oc1ccc(C(=O)OC)cc1C. The maximum atomic E-state index is 12.1. The number of carbonyl (C=O) groups excluding carboxylic acids is 2. The molecule has 1 aromatic carbocycles. The fourth-order valence-corrected chi connectivity index (χ4v) is 2.18. The lowest BCUT2D eigenvalue weighted by Gasteiger charge is -2.28. The van der Waals surface area contributed by atoms with Crippen molar-refractivity contribution in [3.05, 3.63) is 29.3 Å². The molecule has 1 aromatic rings. The first-order valence-electron chi connectivity index (χ1n) is 8.37. The number of likely N-dealkylation sites (N-methyl/N-ethyl adjacent to an activating group) is 1. The topological polar surface area (TPSA) is 65.1 Å². The van der Waals surface area contributed by atoms with Crippen LogP contribution >= 0.6 is 0 Å². The van der Waals surface area contributed by atoms with Crippen LogP contribution in [-0.4, -0.2) is 49.4 Å². The van der Waals surface area contributed by atoms with E-state index in [4.69, 9.17) is 14.2 Å². The van der Waals surface area contributed by atoms with Crippen LogP contribution in [0.2, 0.25) is 0 Å². The fourth-order valence-electron chi connectivity index (χ4n) is 2.18. The number of amides is 1. The van der Waals surface area contributed by atoms with Crippen LogP contribution in [0.1, 0.15) is 50.0 Å². The molecule has 0 fully saturated rings. The van der Waals surface area contributed by atoms with Crippen molar-refractivity contribution in [3.8, 4) is 5.75 Å². The smallest absolute Gasteiger partial charge is 0.410 e. The minimum atomic E-state index is -0.534. The molecule has 0 aromatic heterocycles.